The molecule has 22 heavy (non-hydrogen) atoms. The molecule has 0 spiro atoms. The van der Waals surface area contributed by atoms with Crippen LogP contribution in [0.15, 0.2) is 0 Å². The summed E-state index contributed by atoms with van der Waals surface area (Å²) in [6, 6.07) is 0. The zero-order valence-corrected chi connectivity index (χ0v) is 13.8. The first kappa shape index (κ1) is 16.7. The van der Waals surface area contributed by atoms with Crippen LogP contribution in [0.2, 0.25) is 0 Å². The Kier molecular flexibility index (Phi) is 6.54. The van der Waals surface area contributed by atoms with E-state index in [9.17, 15) is 5.11 Å². The van der Waals surface area contributed by atoms with Crippen molar-refractivity contribution in [3.63, 3.8) is 0 Å². The highest BCUT2D eigenvalue weighted by atomic mass is 16.6. The van der Waals surface area contributed by atoms with Gasteiger partial charge in [0.15, 0.2) is 0 Å². The van der Waals surface area contributed by atoms with Gasteiger partial charge in [-0.15, -0.1) is 0 Å². The summed E-state index contributed by atoms with van der Waals surface area (Å²) in [6.07, 6.45) is 12.9. The highest BCUT2D eigenvalue weighted by Gasteiger charge is 2.27. The van der Waals surface area contributed by atoms with E-state index in [1.165, 1.54) is 44.9 Å². The van der Waals surface area contributed by atoms with E-state index >= 15 is 0 Å². The molecule has 1 N–H and O–H groups in total. The average molecular weight is 312 g/mol. The first-order valence-electron chi connectivity index (χ1n) is 9.30. The summed E-state index contributed by atoms with van der Waals surface area (Å²) in [4.78, 5) is 0. The maximum absolute atomic E-state index is 9.43. The molecule has 0 aromatic carbocycles. The number of aliphatic hydroxyl groups is 1. The van der Waals surface area contributed by atoms with E-state index in [4.69, 9.17) is 14.2 Å². The van der Waals surface area contributed by atoms with Gasteiger partial charge in [-0.25, -0.2) is 0 Å². The van der Waals surface area contributed by atoms with Crippen LogP contribution in [0.5, 0.6) is 0 Å². The Labute approximate surface area is 134 Å². The molecule has 4 fully saturated rings. The molecule has 128 valence electrons. The largest absolute Gasteiger partial charge is 0.393 e. The van der Waals surface area contributed by atoms with Gasteiger partial charge < -0.3 is 19.3 Å². The Morgan fingerprint density at radius 2 is 1.23 bits per heavy atom. The fourth-order valence-corrected chi connectivity index (χ4v) is 3.84. The van der Waals surface area contributed by atoms with Crippen molar-refractivity contribution in [1.29, 1.82) is 0 Å². The van der Waals surface area contributed by atoms with Gasteiger partial charge in [0.05, 0.1) is 32.5 Å². The summed E-state index contributed by atoms with van der Waals surface area (Å²) < 4.78 is 15.1. The van der Waals surface area contributed by atoms with E-state index in [1.807, 2.05) is 0 Å². The summed E-state index contributed by atoms with van der Waals surface area (Å²) in [5, 5.41) is 9.43. The summed E-state index contributed by atoms with van der Waals surface area (Å²) in [6.45, 7) is 3.26. The van der Waals surface area contributed by atoms with Crippen LogP contribution in [-0.2, 0) is 14.2 Å². The van der Waals surface area contributed by atoms with E-state index in [0.29, 0.717) is 12.2 Å². The summed E-state index contributed by atoms with van der Waals surface area (Å²) in [5.41, 5.74) is 0. The topological polar surface area (TPSA) is 54.5 Å². The smallest absolute Gasteiger partial charge is 0.104 e. The fraction of sp³-hybridized carbons (Fsp3) is 1.00. The molecule has 2 saturated heterocycles. The van der Waals surface area contributed by atoms with Crippen molar-refractivity contribution in [2.75, 3.05) is 26.4 Å². The summed E-state index contributed by atoms with van der Waals surface area (Å²) >= 11 is 0. The Balaban J connectivity index is 0.000000139. The molecule has 4 nitrogen and oxygen atoms in total. The molecule has 2 aliphatic heterocycles. The third-order valence-electron chi connectivity index (χ3n) is 5.47. The molecule has 2 aliphatic carbocycles. The molecule has 2 atom stereocenters. The van der Waals surface area contributed by atoms with E-state index in [1.54, 1.807) is 0 Å². The molecule has 2 unspecified atom stereocenters. The monoisotopic (exact) mass is 312 g/mol. The van der Waals surface area contributed by atoms with Gasteiger partial charge in [-0.05, 0) is 37.5 Å². The minimum absolute atomic E-state index is 0.0276. The molecule has 4 rings (SSSR count). The Bertz CT molecular complexity index is 288. The minimum atomic E-state index is 0.0276. The molecule has 0 aromatic rings. The van der Waals surface area contributed by atoms with Crippen molar-refractivity contribution in [2.45, 2.75) is 76.1 Å². The van der Waals surface area contributed by atoms with Crippen LogP contribution >= 0.6 is 0 Å². The predicted octanol–water partition coefficient (Wildman–Crippen LogP) is 2.92. The molecule has 2 heterocycles. The lowest BCUT2D eigenvalue weighted by Gasteiger charge is -2.34. The third-order valence-corrected chi connectivity index (χ3v) is 5.47. The molecule has 4 heteroatoms. The molecular weight excluding hydrogens is 280 g/mol. The second-order valence-electron chi connectivity index (χ2n) is 7.41. The zero-order chi connectivity index (χ0) is 15.2. The standard InChI is InChI=1S/C12H22O.C6H10O3/c13-12-8-6-11(7-9-12)10-4-2-1-3-5-10;1(5-3-8-5)7-2-6-4-9-6/h10-13H,1-9H2;5-6H,1-4H2. The van der Waals surface area contributed by atoms with Crippen LogP contribution in [0.4, 0.5) is 0 Å². The van der Waals surface area contributed by atoms with Crippen LogP contribution < -0.4 is 0 Å². The first-order chi connectivity index (χ1) is 10.8. The van der Waals surface area contributed by atoms with Gasteiger partial charge in [-0.3, -0.25) is 0 Å². The normalized spacial score (nSPS) is 38.0. The molecule has 0 radical (unpaired) electrons. The van der Waals surface area contributed by atoms with E-state index in [2.05, 4.69) is 0 Å². The SMILES string of the molecule is C(OCC1CO1)C1CO1.OC1CCC(C2CCCCC2)CC1. The average Bonchev–Trinajstić information content (AvgIpc) is 3.45. The van der Waals surface area contributed by atoms with Gasteiger partial charge in [0.1, 0.15) is 12.2 Å². The number of aliphatic hydroxyl groups excluding tert-OH is 1. The second-order valence-corrected chi connectivity index (χ2v) is 7.41. The fourth-order valence-electron chi connectivity index (χ4n) is 3.84. The van der Waals surface area contributed by atoms with Crippen LogP contribution in [0.3, 0.4) is 0 Å². The van der Waals surface area contributed by atoms with Crippen LogP contribution in [0.1, 0.15) is 57.8 Å². The van der Waals surface area contributed by atoms with E-state index < -0.39 is 0 Å². The summed E-state index contributed by atoms with van der Waals surface area (Å²) in [5.74, 6) is 1.98. The van der Waals surface area contributed by atoms with Crippen molar-refractivity contribution >= 4 is 0 Å². The zero-order valence-electron chi connectivity index (χ0n) is 13.8. The van der Waals surface area contributed by atoms with Gasteiger partial charge in [0, 0.05) is 0 Å². The van der Waals surface area contributed by atoms with Crippen LogP contribution in [0.25, 0.3) is 0 Å². The van der Waals surface area contributed by atoms with Gasteiger partial charge in [0.25, 0.3) is 0 Å². The molecule has 0 bridgehead atoms. The maximum atomic E-state index is 9.43. The third kappa shape index (κ3) is 6.15. The van der Waals surface area contributed by atoms with Crippen molar-refractivity contribution in [1.82, 2.24) is 0 Å². The highest BCUT2D eigenvalue weighted by molar-refractivity contribution is 4.79. The lowest BCUT2D eigenvalue weighted by atomic mass is 9.73. The van der Waals surface area contributed by atoms with E-state index in [0.717, 1.165) is 51.1 Å². The van der Waals surface area contributed by atoms with Gasteiger partial charge in [0.2, 0.25) is 0 Å². The van der Waals surface area contributed by atoms with Crippen molar-refractivity contribution < 1.29 is 19.3 Å². The van der Waals surface area contributed by atoms with Gasteiger partial charge in [-0.1, -0.05) is 32.1 Å². The quantitative estimate of drug-likeness (QED) is 0.793. The van der Waals surface area contributed by atoms with E-state index in [-0.39, 0.29) is 6.10 Å². The molecule has 2 saturated carbocycles. The van der Waals surface area contributed by atoms with Crippen molar-refractivity contribution in [3.8, 4) is 0 Å². The molecular formula is C18H32O4. The van der Waals surface area contributed by atoms with Gasteiger partial charge >= 0.3 is 0 Å². The van der Waals surface area contributed by atoms with Crippen LogP contribution in [-0.4, -0.2) is 49.8 Å². The summed E-state index contributed by atoms with van der Waals surface area (Å²) in [7, 11) is 0. The Morgan fingerprint density at radius 3 is 1.73 bits per heavy atom. The second kappa shape index (κ2) is 8.62. The molecule has 0 aromatic heterocycles. The number of rotatable bonds is 5. The number of hydrogen-bond donors (Lipinski definition) is 1. The van der Waals surface area contributed by atoms with Gasteiger partial charge in [-0.2, -0.15) is 0 Å². The predicted molar refractivity (Wildman–Crippen MR) is 84.8 cm³/mol. The molecule has 0 amide bonds. The minimum Gasteiger partial charge on any atom is -0.393 e. The lowest BCUT2D eigenvalue weighted by molar-refractivity contribution is 0.0822. The van der Waals surface area contributed by atoms with Crippen LogP contribution in [0, 0.1) is 11.8 Å². The Morgan fingerprint density at radius 1 is 0.727 bits per heavy atom. The number of epoxide rings is 2. The lowest BCUT2D eigenvalue weighted by Crippen LogP contribution is -2.25. The Hall–Kier alpha value is -0.160. The van der Waals surface area contributed by atoms with Crippen molar-refractivity contribution in [2.24, 2.45) is 11.8 Å². The molecule has 4 aliphatic rings. The first-order valence-corrected chi connectivity index (χ1v) is 9.30. The highest BCUT2D eigenvalue weighted by Crippen LogP contribution is 2.38. The number of hydrogen-bond acceptors (Lipinski definition) is 4. The van der Waals surface area contributed by atoms with Crippen molar-refractivity contribution in [3.05, 3.63) is 0 Å². The maximum Gasteiger partial charge on any atom is 0.104 e. The number of ether oxygens (including phenoxy) is 3.